The van der Waals surface area contributed by atoms with Gasteiger partial charge < -0.3 is 51.1 Å². The molecule has 0 radical (unpaired) electrons. The first kappa shape index (κ1) is 25.7. The van der Waals surface area contributed by atoms with Crippen LogP contribution in [0.25, 0.3) is 22.0 Å². The Morgan fingerprint density at radius 1 is 1.26 bits per heavy atom. The first-order valence-corrected chi connectivity index (χ1v) is 11.9. The van der Waals surface area contributed by atoms with Gasteiger partial charge in [0.25, 0.3) is 0 Å². The number of aromatic nitrogens is 3. The van der Waals surface area contributed by atoms with Crippen molar-refractivity contribution in [3.63, 3.8) is 0 Å². The highest BCUT2D eigenvalue weighted by Crippen LogP contribution is 2.41. The summed E-state index contributed by atoms with van der Waals surface area (Å²) >= 11 is 0. The number of aliphatic hydroxyl groups is 1. The zero-order valence-electron chi connectivity index (χ0n) is 20.7. The summed E-state index contributed by atoms with van der Waals surface area (Å²) in [4.78, 5) is 14.7. The lowest BCUT2D eigenvalue weighted by Gasteiger charge is -2.18. The van der Waals surface area contributed by atoms with Gasteiger partial charge in [-0.05, 0) is 40.1 Å². The zero-order valence-corrected chi connectivity index (χ0v) is 22.3. The number of halogens is 1. The van der Waals surface area contributed by atoms with Crippen molar-refractivity contribution in [1.29, 1.82) is 0 Å². The van der Waals surface area contributed by atoms with Crippen molar-refractivity contribution in [2.75, 3.05) is 20.5 Å². The quantitative estimate of drug-likeness (QED) is 0.182. The van der Waals surface area contributed by atoms with Crippen molar-refractivity contribution < 1.29 is 50.5 Å². The van der Waals surface area contributed by atoms with Crippen LogP contribution in [0.1, 0.15) is 11.4 Å². The van der Waals surface area contributed by atoms with Crippen molar-refractivity contribution in [3.8, 4) is 34.3 Å². The molecule has 4 heterocycles. The molecule has 2 aliphatic rings. The molecule has 198 valence electrons. The van der Waals surface area contributed by atoms with E-state index in [1.807, 2.05) is 24.4 Å². The van der Waals surface area contributed by atoms with E-state index >= 15 is 0 Å². The molecule has 0 spiro atoms. The van der Waals surface area contributed by atoms with Gasteiger partial charge in [0, 0.05) is 19.4 Å². The van der Waals surface area contributed by atoms with Crippen LogP contribution in [0.15, 0.2) is 42.7 Å². The fourth-order valence-electron chi connectivity index (χ4n) is 4.98. The number of fused-ring (bicyclic) bond motifs is 5. The molecule has 4 aromatic rings. The van der Waals surface area contributed by atoms with Gasteiger partial charge in [-0.2, -0.15) is 4.57 Å². The Hall–Kier alpha value is -3.90. The van der Waals surface area contributed by atoms with Gasteiger partial charge in [-0.1, -0.05) is 0 Å². The summed E-state index contributed by atoms with van der Waals surface area (Å²) in [5.41, 5.74) is 3.37. The van der Waals surface area contributed by atoms with E-state index in [0.29, 0.717) is 17.3 Å². The molecule has 0 amide bonds. The lowest BCUT2D eigenvalue weighted by molar-refractivity contribution is -0.686. The van der Waals surface area contributed by atoms with Crippen LogP contribution in [0, 0.1) is 17.0 Å². The van der Waals surface area contributed by atoms with Gasteiger partial charge in [0.05, 0.1) is 18.1 Å². The number of hydrogen-bond acceptors (Lipinski definition) is 8. The summed E-state index contributed by atoms with van der Waals surface area (Å²) in [7, 11) is 1.56. The number of ether oxygens (including phenoxy) is 4. The van der Waals surface area contributed by atoms with E-state index < -0.39 is 11.0 Å². The maximum absolute atomic E-state index is 11.3. The molecule has 1 unspecified atom stereocenters. The Balaban J connectivity index is 0.00000294. The van der Waals surface area contributed by atoms with Crippen LogP contribution in [0.2, 0.25) is 0 Å². The van der Waals surface area contributed by atoms with Crippen LogP contribution in [-0.4, -0.2) is 46.2 Å². The molecule has 38 heavy (non-hydrogen) atoms. The molecule has 0 fully saturated rings. The number of nitrogens with zero attached hydrogens (tertiary/aromatic N) is 4. The van der Waals surface area contributed by atoms with Gasteiger partial charge >= 0.3 is 5.82 Å². The molecule has 6 rings (SSSR count). The van der Waals surface area contributed by atoms with E-state index in [4.69, 9.17) is 18.9 Å². The lowest BCUT2D eigenvalue weighted by Crippen LogP contribution is -3.00. The van der Waals surface area contributed by atoms with Crippen molar-refractivity contribution in [2.24, 2.45) is 0 Å². The maximum atomic E-state index is 11.3. The molecule has 0 saturated heterocycles. The van der Waals surface area contributed by atoms with E-state index in [1.165, 1.54) is 16.3 Å². The molecule has 2 aromatic carbocycles. The highest BCUT2D eigenvalue weighted by Gasteiger charge is 2.29. The number of nitro groups is 1. The second-order valence-electron chi connectivity index (χ2n) is 9.06. The highest BCUT2D eigenvalue weighted by atomic mass is 79.9. The first-order chi connectivity index (χ1) is 17.9. The number of aryl methyl sites for hydroxylation is 3. The van der Waals surface area contributed by atoms with Gasteiger partial charge in [0.1, 0.15) is 25.5 Å². The minimum Gasteiger partial charge on any atom is -1.00 e. The predicted octanol–water partition coefficient (Wildman–Crippen LogP) is -0.0553. The topological polar surface area (TPSA) is 122 Å². The molecule has 0 saturated carbocycles. The summed E-state index contributed by atoms with van der Waals surface area (Å²) < 4.78 is 26.3. The third-order valence-corrected chi connectivity index (χ3v) is 6.83. The minimum absolute atomic E-state index is 0. The SMILES string of the molecule is COc1ccc2cc3[n+](cc2c1OCC(O)Cn1c([N+](=O)[O-])cnc1C)CCc1cc2c(cc1-3)OCO2.[Br-]. The van der Waals surface area contributed by atoms with Crippen molar-refractivity contribution in [3.05, 3.63) is 64.2 Å². The van der Waals surface area contributed by atoms with Crippen LogP contribution in [0.4, 0.5) is 5.82 Å². The molecular weight excluding hydrogens is 560 g/mol. The molecule has 0 bridgehead atoms. The number of rotatable bonds is 7. The third kappa shape index (κ3) is 4.39. The second kappa shape index (κ2) is 10.1. The number of methoxy groups -OCH3 is 1. The largest absolute Gasteiger partial charge is 1.00 e. The molecule has 12 heteroatoms. The maximum Gasteiger partial charge on any atom is 0.342 e. The number of aliphatic hydroxyl groups excluding tert-OH is 1. The number of imidazole rings is 1. The Labute approximate surface area is 228 Å². The number of hydrogen-bond donors (Lipinski definition) is 1. The molecule has 1 atom stereocenters. The normalized spacial score (nSPS) is 13.9. The minimum atomic E-state index is -1.01. The molecule has 11 nitrogen and oxygen atoms in total. The standard InChI is InChI=1S/C26H25N4O7.BrH/c1-15-27-10-25(30(32)33)29(15)11-18(31)13-35-26-20-12-28-6-5-17-8-23-24(37-14-36-23)9-19(17)21(28)7-16(20)3-4-22(26)34-2;/h3-4,7-10,12,18,31H,5-6,11,13-14H2,1-2H3;1H/q+1;/p-1. The monoisotopic (exact) mass is 584 g/mol. The molecule has 2 aliphatic heterocycles. The Kier molecular flexibility index (Phi) is 6.84. The molecule has 2 aromatic heterocycles. The Morgan fingerprint density at radius 2 is 2.05 bits per heavy atom. The van der Waals surface area contributed by atoms with E-state index in [-0.39, 0.29) is 42.7 Å². The average Bonchev–Trinajstić information content (AvgIpc) is 3.50. The van der Waals surface area contributed by atoms with Crippen molar-refractivity contribution in [1.82, 2.24) is 9.55 Å². The van der Waals surface area contributed by atoms with Crippen LogP contribution in [-0.2, 0) is 19.5 Å². The van der Waals surface area contributed by atoms with Gasteiger partial charge in [-0.15, -0.1) is 0 Å². The van der Waals surface area contributed by atoms with Crippen molar-refractivity contribution in [2.45, 2.75) is 32.5 Å². The zero-order chi connectivity index (χ0) is 25.7. The summed E-state index contributed by atoms with van der Waals surface area (Å²) in [6.07, 6.45) is 3.06. The van der Waals surface area contributed by atoms with Crippen LogP contribution in [0.5, 0.6) is 23.0 Å². The fraction of sp³-hybridized carbons (Fsp3) is 0.308. The first-order valence-electron chi connectivity index (χ1n) is 11.9. The summed E-state index contributed by atoms with van der Waals surface area (Å²) in [6, 6.07) is 9.99. The summed E-state index contributed by atoms with van der Waals surface area (Å²) in [6.45, 7) is 2.56. The van der Waals surface area contributed by atoms with E-state index in [1.54, 1.807) is 14.0 Å². The predicted molar refractivity (Wildman–Crippen MR) is 131 cm³/mol. The average molecular weight is 585 g/mol. The van der Waals surface area contributed by atoms with Crippen molar-refractivity contribution >= 4 is 16.6 Å². The van der Waals surface area contributed by atoms with E-state index in [0.717, 1.165) is 46.5 Å². The van der Waals surface area contributed by atoms with Gasteiger partial charge in [-0.3, -0.25) is 0 Å². The molecular formula is C26H25BrN4O7. The second-order valence-corrected chi connectivity index (χ2v) is 9.06. The number of benzene rings is 2. The van der Waals surface area contributed by atoms with Gasteiger partial charge in [0.2, 0.25) is 12.5 Å². The smallest absolute Gasteiger partial charge is 0.342 e. The van der Waals surface area contributed by atoms with E-state index in [9.17, 15) is 15.2 Å². The fourth-order valence-corrected chi connectivity index (χ4v) is 4.98. The molecule has 0 aliphatic carbocycles. The van der Waals surface area contributed by atoms with Crippen LogP contribution >= 0.6 is 0 Å². The Bertz CT molecular complexity index is 1550. The third-order valence-electron chi connectivity index (χ3n) is 6.83. The summed E-state index contributed by atoms with van der Waals surface area (Å²) in [5.74, 6) is 2.83. The number of pyridine rings is 1. The van der Waals surface area contributed by atoms with Gasteiger partial charge in [-0.25, -0.2) is 9.55 Å². The molecule has 1 N–H and O–H groups in total. The van der Waals surface area contributed by atoms with Crippen LogP contribution in [0.3, 0.4) is 0 Å². The van der Waals surface area contributed by atoms with E-state index in [2.05, 4.69) is 21.7 Å². The van der Waals surface area contributed by atoms with Gasteiger partial charge in [0.15, 0.2) is 41.6 Å². The van der Waals surface area contributed by atoms with Crippen LogP contribution < -0.4 is 40.5 Å². The highest BCUT2D eigenvalue weighted by molar-refractivity contribution is 5.91. The summed E-state index contributed by atoms with van der Waals surface area (Å²) in [5, 5.41) is 23.7. The Morgan fingerprint density at radius 3 is 2.82 bits per heavy atom. The lowest BCUT2D eigenvalue weighted by atomic mass is 9.95.